The van der Waals surface area contributed by atoms with Crippen LogP contribution in [0.15, 0.2) is 17.9 Å². The van der Waals surface area contributed by atoms with E-state index in [9.17, 15) is 4.79 Å². The van der Waals surface area contributed by atoms with Gasteiger partial charge >= 0.3 is 5.97 Å². The number of carboxylic acid groups (broad SMARTS) is 1. The first-order valence-corrected chi connectivity index (χ1v) is 3.34. The fourth-order valence-electron chi connectivity index (χ4n) is 0.557. The average Bonchev–Trinajstić information content (AvgIpc) is 1.87. The third kappa shape index (κ3) is 6.99. The van der Waals surface area contributed by atoms with E-state index in [0.29, 0.717) is 6.42 Å². The molecule has 0 aliphatic rings. The summed E-state index contributed by atoms with van der Waals surface area (Å²) < 4.78 is 0. The zero-order chi connectivity index (χ0) is 7.82. The second kappa shape index (κ2) is 6.12. The fourth-order valence-corrected chi connectivity index (χ4v) is 0.557. The molecule has 0 saturated heterocycles. The third-order valence-corrected chi connectivity index (χ3v) is 1.02. The molecule has 2 heteroatoms. The number of hydrogen-bond donors (Lipinski definition) is 1. The number of carboxylic acids is 1. The molecule has 0 aliphatic heterocycles. The Bertz CT molecular complexity index is 153. The molecular weight excluding hydrogens is 128 g/mol. The van der Waals surface area contributed by atoms with E-state index in [1.165, 1.54) is 0 Å². The maximum absolute atomic E-state index is 9.99. The highest BCUT2D eigenvalue weighted by molar-refractivity contribution is 5.66. The average molecular weight is 140 g/mol. The van der Waals surface area contributed by atoms with Gasteiger partial charge in [-0.3, -0.25) is 4.79 Å². The second-order valence-electron chi connectivity index (χ2n) is 1.95. The smallest absolute Gasteiger partial charge is 0.303 e. The highest BCUT2D eigenvalue weighted by Crippen LogP contribution is 1.94. The predicted octanol–water partition coefficient (Wildman–Crippen LogP) is 1.97. The molecule has 0 atom stereocenters. The SMILES string of the molecule is CC=C=CCCCC(=O)O. The van der Waals surface area contributed by atoms with Gasteiger partial charge in [-0.15, -0.1) is 5.73 Å². The van der Waals surface area contributed by atoms with Crippen molar-refractivity contribution in [1.29, 1.82) is 0 Å². The van der Waals surface area contributed by atoms with E-state index < -0.39 is 5.97 Å². The van der Waals surface area contributed by atoms with Crippen molar-refractivity contribution in [2.24, 2.45) is 0 Å². The van der Waals surface area contributed by atoms with Gasteiger partial charge in [0.1, 0.15) is 0 Å². The molecule has 0 rings (SSSR count). The number of hydrogen-bond acceptors (Lipinski definition) is 1. The molecule has 1 N–H and O–H groups in total. The Kier molecular flexibility index (Phi) is 5.50. The summed E-state index contributed by atoms with van der Waals surface area (Å²) in [5.41, 5.74) is 2.88. The molecule has 0 radical (unpaired) electrons. The first-order chi connectivity index (χ1) is 4.77. The molecule has 0 unspecified atom stereocenters. The van der Waals surface area contributed by atoms with Gasteiger partial charge in [-0.25, -0.2) is 0 Å². The molecule has 0 heterocycles. The molecule has 0 aliphatic carbocycles. The minimum atomic E-state index is -0.728. The summed E-state index contributed by atoms with van der Waals surface area (Å²) in [7, 11) is 0. The summed E-state index contributed by atoms with van der Waals surface area (Å²) in [4.78, 5) is 9.99. The van der Waals surface area contributed by atoms with E-state index in [0.717, 1.165) is 6.42 Å². The zero-order valence-corrected chi connectivity index (χ0v) is 6.13. The number of rotatable bonds is 4. The van der Waals surface area contributed by atoms with Gasteiger partial charge < -0.3 is 5.11 Å². The van der Waals surface area contributed by atoms with Crippen LogP contribution in [-0.4, -0.2) is 11.1 Å². The lowest BCUT2D eigenvalue weighted by Gasteiger charge is -1.87. The molecule has 0 saturated carbocycles. The molecule has 0 aromatic carbocycles. The lowest BCUT2D eigenvalue weighted by molar-refractivity contribution is -0.137. The number of allylic oxidation sites excluding steroid dienone is 1. The van der Waals surface area contributed by atoms with Crippen molar-refractivity contribution in [3.05, 3.63) is 17.9 Å². The van der Waals surface area contributed by atoms with Gasteiger partial charge in [-0.2, -0.15) is 0 Å². The largest absolute Gasteiger partial charge is 0.481 e. The highest BCUT2D eigenvalue weighted by Gasteiger charge is 1.92. The van der Waals surface area contributed by atoms with Crippen LogP contribution in [0.3, 0.4) is 0 Å². The van der Waals surface area contributed by atoms with Crippen molar-refractivity contribution in [3.8, 4) is 0 Å². The van der Waals surface area contributed by atoms with E-state index in [1.54, 1.807) is 6.08 Å². The first-order valence-electron chi connectivity index (χ1n) is 3.34. The Hall–Kier alpha value is -1.01. The highest BCUT2D eigenvalue weighted by atomic mass is 16.4. The molecular formula is C8H12O2. The van der Waals surface area contributed by atoms with Crippen molar-refractivity contribution in [2.75, 3.05) is 0 Å². The van der Waals surface area contributed by atoms with Gasteiger partial charge in [-0.05, 0) is 31.9 Å². The van der Waals surface area contributed by atoms with Crippen LogP contribution in [0.25, 0.3) is 0 Å². The fraction of sp³-hybridized carbons (Fsp3) is 0.500. The molecule has 0 aromatic rings. The molecule has 0 aromatic heterocycles. The Balaban J connectivity index is 3.21. The van der Waals surface area contributed by atoms with Gasteiger partial charge in [0.05, 0.1) is 0 Å². The van der Waals surface area contributed by atoms with Crippen LogP contribution in [0.1, 0.15) is 26.2 Å². The topological polar surface area (TPSA) is 37.3 Å². The number of carbonyl (C=O) groups is 1. The Morgan fingerprint density at radius 3 is 2.90 bits per heavy atom. The Morgan fingerprint density at radius 2 is 2.40 bits per heavy atom. The quantitative estimate of drug-likeness (QED) is 0.479. The summed E-state index contributed by atoms with van der Waals surface area (Å²) in [6.45, 7) is 1.88. The molecule has 0 spiro atoms. The van der Waals surface area contributed by atoms with E-state index >= 15 is 0 Å². The molecule has 0 fully saturated rings. The lowest BCUT2D eigenvalue weighted by Crippen LogP contribution is -1.92. The van der Waals surface area contributed by atoms with Crippen molar-refractivity contribution in [3.63, 3.8) is 0 Å². The second-order valence-corrected chi connectivity index (χ2v) is 1.95. The molecule has 0 amide bonds. The van der Waals surface area contributed by atoms with Crippen LogP contribution in [0.2, 0.25) is 0 Å². The van der Waals surface area contributed by atoms with Gasteiger partial charge in [0, 0.05) is 6.42 Å². The predicted molar refractivity (Wildman–Crippen MR) is 39.8 cm³/mol. The van der Waals surface area contributed by atoms with E-state index in [1.807, 2.05) is 13.0 Å². The molecule has 10 heavy (non-hydrogen) atoms. The van der Waals surface area contributed by atoms with Gasteiger partial charge in [0.2, 0.25) is 0 Å². The van der Waals surface area contributed by atoms with E-state index in [2.05, 4.69) is 5.73 Å². The van der Waals surface area contributed by atoms with Gasteiger partial charge in [0.15, 0.2) is 0 Å². The summed E-state index contributed by atoms with van der Waals surface area (Å²) in [5, 5.41) is 8.23. The monoisotopic (exact) mass is 140 g/mol. The van der Waals surface area contributed by atoms with Crippen molar-refractivity contribution >= 4 is 5.97 Å². The normalized spacial score (nSPS) is 8.10. The van der Waals surface area contributed by atoms with E-state index in [4.69, 9.17) is 5.11 Å². The lowest BCUT2D eigenvalue weighted by atomic mass is 10.2. The van der Waals surface area contributed by atoms with Crippen molar-refractivity contribution in [1.82, 2.24) is 0 Å². The number of unbranched alkanes of at least 4 members (excludes halogenated alkanes) is 1. The molecule has 0 bridgehead atoms. The standard InChI is InChI=1S/C8H12O2/c1-2-3-4-5-6-7-8(9)10/h2,4H,5-7H2,1H3,(H,9,10). The van der Waals surface area contributed by atoms with Crippen LogP contribution < -0.4 is 0 Å². The summed E-state index contributed by atoms with van der Waals surface area (Å²) in [6.07, 6.45) is 5.42. The van der Waals surface area contributed by atoms with Gasteiger partial charge in [-0.1, -0.05) is 0 Å². The van der Waals surface area contributed by atoms with Crippen molar-refractivity contribution in [2.45, 2.75) is 26.2 Å². The van der Waals surface area contributed by atoms with Crippen molar-refractivity contribution < 1.29 is 9.90 Å². The summed E-state index contributed by atoms with van der Waals surface area (Å²) >= 11 is 0. The molecule has 2 nitrogen and oxygen atoms in total. The Labute approximate surface area is 60.9 Å². The first kappa shape index (κ1) is 8.99. The summed E-state index contributed by atoms with van der Waals surface area (Å²) in [6, 6.07) is 0. The Morgan fingerprint density at radius 1 is 1.70 bits per heavy atom. The maximum Gasteiger partial charge on any atom is 0.303 e. The zero-order valence-electron chi connectivity index (χ0n) is 6.13. The van der Waals surface area contributed by atoms with Gasteiger partial charge in [0.25, 0.3) is 0 Å². The van der Waals surface area contributed by atoms with Crippen LogP contribution in [-0.2, 0) is 4.79 Å². The maximum atomic E-state index is 9.99. The summed E-state index contributed by atoms with van der Waals surface area (Å²) in [5.74, 6) is -0.728. The number of aliphatic carboxylic acids is 1. The van der Waals surface area contributed by atoms with E-state index in [-0.39, 0.29) is 6.42 Å². The minimum Gasteiger partial charge on any atom is -0.481 e. The molecule has 56 valence electrons. The van der Waals surface area contributed by atoms with Crippen LogP contribution >= 0.6 is 0 Å². The van der Waals surface area contributed by atoms with Crippen LogP contribution in [0, 0.1) is 0 Å². The van der Waals surface area contributed by atoms with Crippen LogP contribution in [0.5, 0.6) is 0 Å². The third-order valence-electron chi connectivity index (χ3n) is 1.02. The minimum absolute atomic E-state index is 0.252. The van der Waals surface area contributed by atoms with Crippen LogP contribution in [0.4, 0.5) is 0 Å².